The average molecular weight is 624 g/mol. The summed E-state index contributed by atoms with van der Waals surface area (Å²) in [6.07, 6.45) is 4.12. The van der Waals surface area contributed by atoms with Crippen molar-refractivity contribution in [1.82, 2.24) is 25.0 Å². The van der Waals surface area contributed by atoms with Gasteiger partial charge in [-0.1, -0.05) is 30.3 Å². The van der Waals surface area contributed by atoms with Crippen LogP contribution < -0.4 is 16.0 Å². The van der Waals surface area contributed by atoms with E-state index in [0.717, 1.165) is 65.9 Å². The van der Waals surface area contributed by atoms with Gasteiger partial charge in [0.1, 0.15) is 5.69 Å². The molecule has 0 bridgehead atoms. The molecule has 4 aromatic rings. The number of anilines is 2. The fourth-order valence-electron chi connectivity index (χ4n) is 6.47. The fraction of sp³-hybridized carbons (Fsp3) is 0.371. The van der Waals surface area contributed by atoms with Gasteiger partial charge in [0.05, 0.1) is 24.4 Å². The molecular formula is C35H41N7O4. The van der Waals surface area contributed by atoms with Crippen molar-refractivity contribution in [3.63, 3.8) is 0 Å². The molecule has 11 nitrogen and oxygen atoms in total. The number of aliphatic hydroxyl groups excluding tert-OH is 2. The Balaban J connectivity index is 1.17. The maximum absolute atomic E-state index is 13.5. The topological polar surface area (TPSA) is 145 Å². The van der Waals surface area contributed by atoms with E-state index >= 15 is 0 Å². The van der Waals surface area contributed by atoms with Crippen LogP contribution in [0, 0.1) is 13.8 Å². The summed E-state index contributed by atoms with van der Waals surface area (Å²) in [5.41, 5.74) is 7.71. The van der Waals surface area contributed by atoms with Crippen molar-refractivity contribution < 1.29 is 19.8 Å². The highest BCUT2D eigenvalue weighted by Gasteiger charge is 2.33. The molecule has 0 radical (unpaired) electrons. The average Bonchev–Trinajstić information content (AvgIpc) is 3.70. The van der Waals surface area contributed by atoms with Crippen molar-refractivity contribution in [2.75, 3.05) is 36.9 Å². The van der Waals surface area contributed by atoms with E-state index in [-0.39, 0.29) is 30.6 Å². The second-order valence-corrected chi connectivity index (χ2v) is 12.1. The first-order valence-electron chi connectivity index (χ1n) is 15.9. The van der Waals surface area contributed by atoms with Gasteiger partial charge < -0.3 is 26.2 Å². The third kappa shape index (κ3) is 6.73. The number of nitrogens with one attached hydrogen (secondary N) is 3. The maximum Gasteiger partial charge on any atom is 0.276 e. The number of hydrogen-bond acceptors (Lipinski definition) is 8. The Labute approximate surface area is 268 Å². The molecule has 4 heterocycles. The molecule has 6 rings (SSSR count). The summed E-state index contributed by atoms with van der Waals surface area (Å²) in [5.74, 6) is -0.568. The first-order valence-corrected chi connectivity index (χ1v) is 15.9. The van der Waals surface area contributed by atoms with Gasteiger partial charge in [0.25, 0.3) is 11.8 Å². The van der Waals surface area contributed by atoms with E-state index in [1.165, 1.54) is 0 Å². The summed E-state index contributed by atoms with van der Waals surface area (Å²) in [7, 11) is 0. The number of β-amino-alcohol motifs (C(OH)–C–C–N with tert-alkyl or cyclic N) is 1. The summed E-state index contributed by atoms with van der Waals surface area (Å²) < 4.78 is 1.95. The summed E-state index contributed by atoms with van der Waals surface area (Å²) in [5, 5.41) is 32.8. The highest BCUT2D eigenvalue weighted by atomic mass is 16.3. The molecular weight excluding hydrogens is 582 g/mol. The number of fused-ring (bicyclic) bond motifs is 1. The zero-order valence-electron chi connectivity index (χ0n) is 26.3. The third-order valence-corrected chi connectivity index (χ3v) is 9.00. The molecule has 1 fully saturated rings. The van der Waals surface area contributed by atoms with Gasteiger partial charge >= 0.3 is 0 Å². The number of pyridine rings is 1. The van der Waals surface area contributed by atoms with Crippen molar-refractivity contribution in [3.05, 3.63) is 94.6 Å². The van der Waals surface area contributed by atoms with Crippen molar-refractivity contribution in [3.8, 4) is 11.1 Å². The van der Waals surface area contributed by atoms with E-state index in [1.807, 2.05) is 67.1 Å². The van der Waals surface area contributed by atoms with Crippen LogP contribution in [0.25, 0.3) is 11.1 Å². The Hall–Kier alpha value is -4.42. The summed E-state index contributed by atoms with van der Waals surface area (Å²) in [4.78, 5) is 33.1. The van der Waals surface area contributed by atoms with Gasteiger partial charge in [-0.2, -0.15) is 5.10 Å². The number of amides is 2. The predicted octanol–water partition coefficient (Wildman–Crippen LogP) is 4.05. The summed E-state index contributed by atoms with van der Waals surface area (Å²) in [6.45, 7) is 7.33. The van der Waals surface area contributed by atoms with Crippen LogP contribution in [0.5, 0.6) is 0 Å². The van der Waals surface area contributed by atoms with E-state index in [2.05, 4.69) is 30.9 Å². The van der Waals surface area contributed by atoms with Gasteiger partial charge in [0.2, 0.25) is 0 Å². The summed E-state index contributed by atoms with van der Waals surface area (Å²) >= 11 is 0. The predicted molar refractivity (Wildman–Crippen MR) is 177 cm³/mol. The van der Waals surface area contributed by atoms with Crippen LogP contribution in [-0.2, 0) is 13.1 Å². The number of nitrogens with zero attached hydrogens (tertiary/aromatic N) is 4. The molecule has 2 aliphatic heterocycles. The van der Waals surface area contributed by atoms with Crippen LogP contribution in [0.3, 0.4) is 0 Å². The number of benzene rings is 2. The molecule has 1 unspecified atom stereocenters. The van der Waals surface area contributed by atoms with Gasteiger partial charge in [0.15, 0.2) is 5.69 Å². The standard InChI is InChI=1S/C35H41N7O4/c1-22-26(6-3-8-28(22)38-34(45)30-12-11-24(20-37-30)19-36-14-17-43)27-7-4-9-29(23(27)2)39-35(46)31-18-33-32(10-5-15-42(33)40-31)41-16-13-25(44)21-41/h3-4,6-9,11-12,18,20,25,32,36,43-44H,5,10,13-17,19,21H2,1-2H3,(H,38,45)(H,39,46)/t25-,32?/m1/s1. The van der Waals surface area contributed by atoms with E-state index in [1.54, 1.807) is 12.3 Å². The molecule has 2 amide bonds. The molecule has 11 heteroatoms. The molecule has 46 heavy (non-hydrogen) atoms. The van der Waals surface area contributed by atoms with Crippen LogP contribution in [0.1, 0.15) is 68.7 Å². The lowest BCUT2D eigenvalue weighted by Crippen LogP contribution is -2.32. The number of carbonyl (C=O) groups excluding carboxylic acids is 2. The second kappa shape index (κ2) is 13.9. The Morgan fingerprint density at radius 2 is 1.61 bits per heavy atom. The lowest BCUT2D eigenvalue weighted by Gasteiger charge is -2.31. The second-order valence-electron chi connectivity index (χ2n) is 12.1. The fourth-order valence-corrected chi connectivity index (χ4v) is 6.47. The molecule has 2 atom stereocenters. The van der Waals surface area contributed by atoms with Gasteiger partial charge in [-0.3, -0.25) is 24.2 Å². The zero-order chi connectivity index (χ0) is 32.2. The van der Waals surface area contributed by atoms with E-state index in [4.69, 9.17) is 5.11 Å². The van der Waals surface area contributed by atoms with Crippen LogP contribution in [0.4, 0.5) is 11.4 Å². The first kappa shape index (κ1) is 31.6. The molecule has 0 saturated carbocycles. The van der Waals surface area contributed by atoms with Crippen LogP contribution in [0.15, 0.2) is 60.8 Å². The molecule has 1 saturated heterocycles. The van der Waals surface area contributed by atoms with Crippen molar-refractivity contribution >= 4 is 23.2 Å². The van der Waals surface area contributed by atoms with E-state index < -0.39 is 0 Å². The Bertz CT molecular complexity index is 1720. The van der Waals surface area contributed by atoms with Crippen LogP contribution in [-0.4, -0.2) is 74.0 Å². The SMILES string of the molecule is Cc1c(NC(=O)c2ccc(CNCCO)cn2)cccc1-c1cccc(NC(=O)c2cc3n(n2)CCCC3N2CC[C@@H](O)C2)c1C. The number of likely N-dealkylation sites (tertiary alicyclic amines) is 1. The third-order valence-electron chi connectivity index (χ3n) is 9.00. The molecule has 2 aliphatic rings. The Morgan fingerprint density at radius 3 is 2.22 bits per heavy atom. The number of rotatable bonds is 10. The number of aryl methyl sites for hydroxylation is 1. The van der Waals surface area contributed by atoms with Crippen molar-refractivity contribution in [1.29, 1.82) is 0 Å². The van der Waals surface area contributed by atoms with Gasteiger partial charge in [-0.05, 0) is 85.2 Å². The quantitative estimate of drug-likeness (QED) is 0.167. The number of aromatic nitrogens is 3. The minimum atomic E-state index is -0.307. The van der Waals surface area contributed by atoms with Gasteiger partial charge in [-0.15, -0.1) is 0 Å². The number of aliphatic hydroxyl groups is 2. The molecule has 0 spiro atoms. The smallest absolute Gasteiger partial charge is 0.276 e. The maximum atomic E-state index is 13.5. The summed E-state index contributed by atoms with van der Waals surface area (Å²) in [6, 6.07) is 17.2. The molecule has 2 aromatic heterocycles. The van der Waals surface area contributed by atoms with Gasteiger partial charge in [0, 0.05) is 50.3 Å². The highest BCUT2D eigenvalue weighted by molar-refractivity contribution is 6.05. The Kier molecular flexibility index (Phi) is 9.55. The minimum absolute atomic E-state index is 0.0602. The normalized spacial score (nSPS) is 17.9. The highest BCUT2D eigenvalue weighted by Crippen LogP contribution is 2.35. The number of carbonyl (C=O) groups is 2. The zero-order valence-corrected chi connectivity index (χ0v) is 26.3. The van der Waals surface area contributed by atoms with Crippen LogP contribution >= 0.6 is 0 Å². The van der Waals surface area contributed by atoms with Crippen molar-refractivity contribution in [2.24, 2.45) is 0 Å². The molecule has 0 aliphatic carbocycles. The Morgan fingerprint density at radius 1 is 0.913 bits per heavy atom. The minimum Gasteiger partial charge on any atom is -0.395 e. The molecule has 2 aromatic carbocycles. The number of hydrogen-bond donors (Lipinski definition) is 5. The lowest BCUT2D eigenvalue weighted by molar-refractivity contribution is 0.101. The lowest BCUT2D eigenvalue weighted by atomic mass is 9.94. The van der Waals surface area contributed by atoms with E-state index in [9.17, 15) is 14.7 Å². The van der Waals surface area contributed by atoms with Gasteiger partial charge in [-0.25, -0.2) is 0 Å². The molecule has 5 N–H and O–H groups in total. The van der Waals surface area contributed by atoms with Crippen LogP contribution in [0.2, 0.25) is 0 Å². The van der Waals surface area contributed by atoms with E-state index in [0.29, 0.717) is 42.4 Å². The first-order chi connectivity index (χ1) is 22.3. The monoisotopic (exact) mass is 623 g/mol. The van der Waals surface area contributed by atoms with Crippen molar-refractivity contribution in [2.45, 2.75) is 58.3 Å². The largest absolute Gasteiger partial charge is 0.395 e. The molecule has 240 valence electrons.